The minimum atomic E-state index is 0.0358. The van der Waals surface area contributed by atoms with E-state index in [9.17, 15) is 4.79 Å². The van der Waals surface area contributed by atoms with Gasteiger partial charge in [-0.1, -0.05) is 30.3 Å². The van der Waals surface area contributed by atoms with Crippen LogP contribution < -0.4 is 0 Å². The molecule has 1 unspecified atom stereocenters. The van der Waals surface area contributed by atoms with Gasteiger partial charge in [0.05, 0.1) is 0 Å². The first-order chi connectivity index (χ1) is 7.74. The predicted octanol–water partition coefficient (Wildman–Crippen LogP) is 2.60. The summed E-state index contributed by atoms with van der Waals surface area (Å²) >= 11 is 0. The molecule has 1 aromatic carbocycles. The zero-order chi connectivity index (χ0) is 11.8. The lowest BCUT2D eigenvalue weighted by Gasteiger charge is -2.11. The molecule has 0 heterocycles. The standard InChI is InChI=1S/C14H20O2/c1-12(16)14(10-11-15)9-5-8-13-6-3-2-4-7-13/h2-4,6-7,14-15H,5,8-11H2,1H3. The van der Waals surface area contributed by atoms with Gasteiger partial charge in [-0.25, -0.2) is 0 Å². The van der Waals surface area contributed by atoms with Gasteiger partial charge in [0.1, 0.15) is 5.78 Å². The van der Waals surface area contributed by atoms with Gasteiger partial charge in [-0.2, -0.15) is 0 Å². The fraction of sp³-hybridized carbons (Fsp3) is 0.500. The zero-order valence-electron chi connectivity index (χ0n) is 9.86. The van der Waals surface area contributed by atoms with E-state index in [4.69, 9.17) is 5.11 Å². The Bertz CT molecular complexity index is 306. The minimum Gasteiger partial charge on any atom is -0.396 e. The molecule has 0 radical (unpaired) electrons. The van der Waals surface area contributed by atoms with Crippen molar-refractivity contribution in [3.8, 4) is 0 Å². The number of carbonyl (C=O) groups is 1. The van der Waals surface area contributed by atoms with Crippen LogP contribution in [0, 0.1) is 5.92 Å². The Labute approximate surface area is 97.3 Å². The Kier molecular flexibility index (Phi) is 5.79. The third-order valence-electron chi connectivity index (χ3n) is 2.91. The summed E-state index contributed by atoms with van der Waals surface area (Å²) in [5.41, 5.74) is 1.31. The molecule has 0 spiro atoms. The molecule has 0 aliphatic rings. The van der Waals surface area contributed by atoms with E-state index in [2.05, 4.69) is 12.1 Å². The maximum Gasteiger partial charge on any atom is 0.132 e. The van der Waals surface area contributed by atoms with Gasteiger partial charge in [-0.3, -0.25) is 4.79 Å². The van der Waals surface area contributed by atoms with Crippen LogP contribution >= 0.6 is 0 Å². The number of hydrogen-bond donors (Lipinski definition) is 1. The number of Topliss-reactive ketones (excluding diaryl/α,β-unsaturated/α-hetero) is 1. The summed E-state index contributed by atoms with van der Waals surface area (Å²) in [6.45, 7) is 1.72. The van der Waals surface area contributed by atoms with E-state index in [1.807, 2.05) is 18.2 Å². The summed E-state index contributed by atoms with van der Waals surface area (Å²) in [7, 11) is 0. The third kappa shape index (κ3) is 4.58. The monoisotopic (exact) mass is 220 g/mol. The van der Waals surface area contributed by atoms with Crippen molar-refractivity contribution in [3.05, 3.63) is 35.9 Å². The molecule has 0 aliphatic carbocycles. The molecule has 2 nitrogen and oxygen atoms in total. The number of aliphatic hydroxyl groups excluding tert-OH is 1. The molecule has 0 fully saturated rings. The first kappa shape index (κ1) is 12.9. The topological polar surface area (TPSA) is 37.3 Å². The SMILES string of the molecule is CC(=O)C(CCO)CCCc1ccccc1. The molecule has 0 saturated heterocycles. The molecule has 0 saturated carbocycles. The van der Waals surface area contributed by atoms with Crippen molar-refractivity contribution in [1.82, 2.24) is 0 Å². The first-order valence-electron chi connectivity index (χ1n) is 5.89. The molecule has 0 bridgehead atoms. The first-order valence-corrected chi connectivity index (χ1v) is 5.89. The third-order valence-corrected chi connectivity index (χ3v) is 2.91. The Hall–Kier alpha value is -1.15. The number of carbonyl (C=O) groups excluding carboxylic acids is 1. The molecule has 1 aromatic rings. The lowest BCUT2D eigenvalue weighted by Crippen LogP contribution is -2.12. The maximum absolute atomic E-state index is 11.3. The van der Waals surface area contributed by atoms with Crippen molar-refractivity contribution in [1.29, 1.82) is 0 Å². The van der Waals surface area contributed by atoms with Gasteiger partial charge < -0.3 is 5.11 Å². The summed E-state index contributed by atoms with van der Waals surface area (Å²) in [6, 6.07) is 10.3. The van der Waals surface area contributed by atoms with E-state index >= 15 is 0 Å². The molecular formula is C14H20O2. The molecule has 0 amide bonds. The van der Waals surface area contributed by atoms with Gasteiger partial charge in [0.15, 0.2) is 0 Å². The highest BCUT2D eigenvalue weighted by atomic mass is 16.3. The molecule has 16 heavy (non-hydrogen) atoms. The average molecular weight is 220 g/mol. The van der Waals surface area contributed by atoms with Gasteiger partial charge in [-0.05, 0) is 38.2 Å². The number of aliphatic hydroxyl groups is 1. The van der Waals surface area contributed by atoms with Gasteiger partial charge in [0.25, 0.3) is 0 Å². The Morgan fingerprint density at radius 3 is 2.50 bits per heavy atom. The van der Waals surface area contributed by atoms with Crippen LogP contribution in [0.1, 0.15) is 31.7 Å². The van der Waals surface area contributed by atoms with E-state index in [1.165, 1.54) is 5.56 Å². The number of rotatable bonds is 7. The lowest BCUT2D eigenvalue weighted by atomic mass is 9.94. The summed E-state index contributed by atoms with van der Waals surface area (Å²) in [4.78, 5) is 11.3. The second-order valence-corrected chi connectivity index (χ2v) is 4.20. The lowest BCUT2D eigenvalue weighted by molar-refractivity contribution is -0.121. The number of aryl methyl sites for hydroxylation is 1. The van der Waals surface area contributed by atoms with Crippen LogP contribution in [-0.4, -0.2) is 17.5 Å². The highest BCUT2D eigenvalue weighted by molar-refractivity contribution is 5.78. The van der Waals surface area contributed by atoms with Crippen molar-refractivity contribution in [2.75, 3.05) is 6.61 Å². The van der Waals surface area contributed by atoms with E-state index in [-0.39, 0.29) is 18.3 Å². The summed E-state index contributed by atoms with van der Waals surface area (Å²) in [5, 5.41) is 8.85. The maximum atomic E-state index is 11.3. The molecular weight excluding hydrogens is 200 g/mol. The highest BCUT2D eigenvalue weighted by Crippen LogP contribution is 2.14. The molecule has 1 N–H and O–H groups in total. The van der Waals surface area contributed by atoms with Crippen molar-refractivity contribution >= 4 is 5.78 Å². The van der Waals surface area contributed by atoms with E-state index in [1.54, 1.807) is 6.92 Å². The summed E-state index contributed by atoms with van der Waals surface area (Å²) in [6.07, 6.45) is 3.50. The predicted molar refractivity (Wildman–Crippen MR) is 65.3 cm³/mol. The van der Waals surface area contributed by atoms with Crippen LogP contribution in [0.15, 0.2) is 30.3 Å². The van der Waals surface area contributed by atoms with Crippen LogP contribution in [0.25, 0.3) is 0 Å². The summed E-state index contributed by atoms with van der Waals surface area (Å²) in [5.74, 6) is 0.232. The highest BCUT2D eigenvalue weighted by Gasteiger charge is 2.12. The largest absolute Gasteiger partial charge is 0.396 e. The van der Waals surface area contributed by atoms with Crippen LogP contribution in [0.5, 0.6) is 0 Å². The van der Waals surface area contributed by atoms with Crippen LogP contribution in [0.4, 0.5) is 0 Å². The molecule has 1 rings (SSSR count). The minimum absolute atomic E-state index is 0.0358. The van der Waals surface area contributed by atoms with Gasteiger partial charge in [0.2, 0.25) is 0 Å². The van der Waals surface area contributed by atoms with Crippen molar-refractivity contribution in [2.24, 2.45) is 5.92 Å². The fourth-order valence-corrected chi connectivity index (χ4v) is 1.90. The van der Waals surface area contributed by atoms with Crippen LogP contribution in [0.2, 0.25) is 0 Å². The molecule has 88 valence electrons. The molecule has 2 heteroatoms. The number of benzene rings is 1. The summed E-state index contributed by atoms with van der Waals surface area (Å²) < 4.78 is 0. The van der Waals surface area contributed by atoms with Gasteiger partial charge >= 0.3 is 0 Å². The second-order valence-electron chi connectivity index (χ2n) is 4.20. The van der Waals surface area contributed by atoms with Crippen LogP contribution in [-0.2, 0) is 11.2 Å². The van der Waals surface area contributed by atoms with Crippen molar-refractivity contribution in [2.45, 2.75) is 32.6 Å². The molecule has 0 aliphatic heterocycles. The quantitative estimate of drug-likeness (QED) is 0.767. The van der Waals surface area contributed by atoms with E-state index in [0.717, 1.165) is 19.3 Å². The van der Waals surface area contributed by atoms with Crippen LogP contribution in [0.3, 0.4) is 0 Å². The number of hydrogen-bond acceptors (Lipinski definition) is 2. The van der Waals surface area contributed by atoms with Gasteiger partial charge in [-0.15, -0.1) is 0 Å². The normalized spacial score (nSPS) is 12.4. The Balaban J connectivity index is 2.31. The average Bonchev–Trinajstić information content (AvgIpc) is 2.29. The molecule has 0 aromatic heterocycles. The van der Waals surface area contributed by atoms with Crippen molar-refractivity contribution in [3.63, 3.8) is 0 Å². The Morgan fingerprint density at radius 1 is 1.25 bits per heavy atom. The molecule has 1 atom stereocenters. The van der Waals surface area contributed by atoms with E-state index < -0.39 is 0 Å². The van der Waals surface area contributed by atoms with Gasteiger partial charge in [0, 0.05) is 12.5 Å². The second kappa shape index (κ2) is 7.18. The Morgan fingerprint density at radius 2 is 1.94 bits per heavy atom. The zero-order valence-corrected chi connectivity index (χ0v) is 9.86. The van der Waals surface area contributed by atoms with E-state index in [0.29, 0.717) is 6.42 Å². The smallest absolute Gasteiger partial charge is 0.132 e. The van der Waals surface area contributed by atoms with Crippen molar-refractivity contribution < 1.29 is 9.90 Å². The number of ketones is 1. The fourth-order valence-electron chi connectivity index (χ4n) is 1.90.